The van der Waals surface area contributed by atoms with Gasteiger partial charge in [-0.3, -0.25) is 4.90 Å². The lowest BCUT2D eigenvalue weighted by Crippen LogP contribution is -2.29. The van der Waals surface area contributed by atoms with Crippen LogP contribution in [0, 0.1) is 11.6 Å². The zero-order valence-corrected chi connectivity index (χ0v) is 16.6. The molecule has 1 saturated heterocycles. The van der Waals surface area contributed by atoms with Gasteiger partial charge in [0.1, 0.15) is 24.0 Å². The van der Waals surface area contributed by atoms with Gasteiger partial charge in [0, 0.05) is 30.0 Å². The molecule has 1 aliphatic rings. The molecular formula is C22H27F2NOS. The van der Waals surface area contributed by atoms with Crippen LogP contribution in [-0.4, -0.2) is 29.0 Å². The second-order valence-electron chi connectivity index (χ2n) is 6.98. The predicted molar refractivity (Wildman–Crippen MR) is 108 cm³/mol. The molecule has 1 heterocycles. The normalized spacial score (nSPS) is 18.3. The molecule has 2 nitrogen and oxygen atoms in total. The van der Waals surface area contributed by atoms with Crippen molar-refractivity contribution in [2.45, 2.75) is 44.6 Å². The van der Waals surface area contributed by atoms with Crippen LogP contribution in [0.5, 0.6) is 5.75 Å². The van der Waals surface area contributed by atoms with Gasteiger partial charge in [0.05, 0.1) is 0 Å². The van der Waals surface area contributed by atoms with Crippen molar-refractivity contribution in [2.24, 2.45) is 0 Å². The molecule has 1 fully saturated rings. The summed E-state index contributed by atoms with van der Waals surface area (Å²) in [6.07, 6.45) is 3.86. The minimum Gasteiger partial charge on any atom is -0.489 e. The molecule has 0 radical (unpaired) electrons. The van der Waals surface area contributed by atoms with Gasteiger partial charge in [-0.1, -0.05) is 25.5 Å². The van der Waals surface area contributed by atoms with Crippen LogP contribution in [0.2, 0.25) is 0 Å². The van der Waals surface area contributed by atoms with E-state index in [2.05, 4.69) is 29.7 Å². The Balaban J connectivity index is 1.59. The van der Waals surface area contributed by atoms with Crippen molar-refractivity contribution in [2.75, 3.05) is 18.8 Å². The molecule has 3 rings (SSSR count). The number of rotatable bonds is 7. The lowest BCUT2D eigenvalue weighted by atomic mass is 10.2. The van der Waals surface area contributed by atoms with Crippen LogP contribution in [0.3, 0.4) is 0 Å². The second-order valence-corrected chi connectivity index (χ2v) is 8.56. The van der Waals surface area contributed by atoms with E-state index >= 15 is 0 Å². The highest BCUT2D eigenvalue weighted by molar-refractivity contribution is 7.99. The predicted octanol–water partition coefficient (Wildman–Crippen LogP) is 5.65. The summed E-state index contributed by atoms with van der Waals surface area (Å²) in [6, 6.07) is 11.6. The average molecular weight is 392 g/mol. The fraction of sp³-hybridized carbons (Fsp3) is 0.455. The molecule has 0 spiro atoms. The first-order valence-electron chi connectivity index (χ1n) is 9.63. The van der Waals surface area contributed by atoms with Gasteiger partial charge in [-0.25, -0.2) is 8.78 Å². The number of thioether (sulfide) groups is 1. The molecular weight excluding hydrogens is 364 g/mol. The summed E-state index contributed by atoms with van der Waals surface area (Å²) in [4.78, 5) is 2.53. The zero-order chi connectivity index (χ0) is 19.1. The summed E-state index contributed by atoms with van der Waals surface area (Å²) in [6.45, 7) is 5.49. The summed E-state index contributed by atoms with van der Waals surface area (Å²) in [5, 5.41) is 0.721. The van der Waals surface area contributed by atoms with Crippen LogP contribution in [0.25, 0.3) is 0 Å². The Bertz CT molecular complexity index is 740. The van der Waals surface area contributed by atoms with Crippen LogP contribution in [0.15, 0.2) is 42.5 Å². The number of hydrogen-bond donors (Lipinski definition) is 0. The summed E-state index contributed by atoms with van der Waals surface area (Å²) in [7, 11) is 0. The van der Waals surface area contributed by atoms with Gasteiger partial charge in [0.25, 0.3) is 0 Å². The highest BCUT2D eigenvalue weighted by Gasteiger charge is 2.18. The van der Waals surface area contributed by atoms with E-state index < -0.39 is 11.6 Å². The SMILES string of the molecule is CCSC1CCCCN(Cc2cccc(OCc3ccc(F)cc3F)c2)C1. The van der Waals surface area contributed by atoms with Crippen LogP contribution in [0.1, 0.15) is 37.3 Å². The Morgan fingerprint density at radius 2 is 2.04 bits per heavy atom. The number of likely N-dealkylation sites (tertiary alicyclic amines) is 1. The summed E-state index contributed by atoms with van der Waals surface area (Å²) in [5.41, 5.74) is 1.56. The maximum Gasteiger partial charge on any atom is 0.132 e. The summed E-state index contributed by atoms with van der Waals surface area (Å²) in [5.74, 6) is 0.734. The second kappa shape index (κ2) is 10.1. The molecule has 1 unspecified atom stereocenters. The van der Waals surface area contributed by atoms with E-state index in [1.54, 1.807) is 0 Å². The first-order valence-corrected chi connectivity index (χ1v) is 10.7. The number of nitrogens with zero attached hydrogens (tertiary/aromatic N) is 1. The van der Waals surface area contributed by atoms with Crippen molar-refractivity contribution in [3.8, 4) is 5.75 Å². The third kappa shape index (κ3) is 6.22. The Hall–Kier alpha value is -1.59. The number of halogens is 2. The standard InChI is InChI=1S/C22H27F2NOS/c1-2-27-21-8-3-4-11-25(15-21)14-17-6-5-7-20(12-17)26-16-18-9-10-19(23)13-22(18)24/h5-7,9-10,12-13,21H,2-4,8,11,14-16H2,1H3. The third-order valence-electron chi connectivity index (χ3n) is 4.83. The fourth-order valence-electron chi connectivity index (χ4n) is 3.48. The minimum absolute atomic E-state index is 0.0918. The molecule has 0 amide bonds. The van der Waals surface area contributed by atoms with Crippen molar-refractivity contribution < 1.29 is 13.5 Å². The monoisotopic (exact) mass is 391 g/mol. The summed E-state index contributed by atoms with van der Waals surface area (Å²) < 4.78 is 32.5. The Kier molecular flexibility index (Phi) is 7.53. The molecule has 0 N–H and O–H groups in total. The van der Waals surface area contributed by atoms with Gasteiger partial charge in [-0.05, 0) is 55.0 Å². The van der Waals surface area contributed by atoms with Crippen molar-refractivity contribution in [1.29, 1.82) is 0 Å². The van der Waals surface area contributed by atoms with Crippen molar-refractivity contribution >= 4 is 11.8 Å². The molecule has 2 aromatic rings. The maximum absolute atomic E-state index is 13.8. The maximum atomic E-state index is 13.8. The average Bonchev–Trinajstić information content (AvgIpc) is 2.87. The van der Waals surface area contributed by atoms with E-state index in [0.717, 1.165) is 31.0 Å². The van der Waals surface area contributed by atoms with Gasteiger partial charge < -0.3 is 4.74 Å². The summed E-state index contributed by atoms with van der Waals surface area (Å²) >= 11 is 2.06. The van der Waals surface area contributed by atoms with E-state index in [1.165, 1.54) is 42.7 Å². The minimum atomic E-state index is -0.574. The quantitative estimate of drug-likeness (QED) is 0.605. The highest BCUT2D eigenvalue weighted by Crippen LogP contribution is 2.24. The Labute approximate surface area is 164 Å². The van der Waals surface area contributed by atoms with Gasteiger partial charge in [0.15, 0.2) is 0 Å². The molecule has 1 atom stereocenters. The first-order chi connectivity index (χ1) is 13.1. The van der Waals surface area contributed by atoms with E-state index in [0.29, 0.717) is 11.3 Å². The largest absolute Gasteiger partial charge is 0.489 e. The fourth-order valence-corrected chi connectivity index (χ4v) is 4.61. The van der Waals surface area contributed by atoms with E-state index in [9.17, 15) is 8.78 Å². The van der Waals surface area contributed by atoms with Gasteiger partial charge >= 0.3 is 0 Å². The number of hydrogen-bond acceptors (Lipinski definition) is 3. The molecule has 27 heavy (non-hydrogen) atoms. The molecule has 0 saturated carbocycles. The lowest BCUT2D eigenvalue weighted by Gasteiger charge is -2.24. The lowest BCUT2D eigenvalue weighted by molar-refractivity contribution is 0.276. The molecule has 0 bridgehead atoms. The molecule has 0 aromatic heterocycles. The van der Waals surface area contributed by atoms with Gasteiger partial charge in [-0.15, -0.1) is 0 Å². The number of benzene rings is 2. The van der Waals surface area contributed by atoms with Crippen molar-refractivity contribution in [1.82, 2.24) is 4.90 Å². The Morgan fingerprint density at radius 1 is 1.15 bits per heavy atom. The van der Waals surface area contributed by atoms with Crippen LogP contribution < -0.4 is 4.74 Å². The molecule has 5 heteroatoms. The number of ether oxygens (including phenoxy) is 1. The van der Waals surface area contributed by atoms with Crippen LogP contribution in [0.4, 0.5) is 8.78 Å². The molecule has 1 aliphatic heterocycles. The molecule has 0 aliphatic carbocycles. The topological polar surface area (TPSA) is 12.5 Å². The van der Waals surface area contributed by atoms with E-state index in [-0.39, 0.29) is 6.61 Å². The van der Waals surface area contributed by atoms with Crippen molar-refractivity contribution in [3.63, 3.8) is 0 Å². The Morgan fingerprint density at radius 3 is 2.85 bits per heavy atom. The molecule has 2 aromatic carbocycles. The van der Waals surface area contributed by atoms with Crippen LogP contribution in [-0.2, 0) is 13.2 Å². The van der Waals surface area contributed by atoms with Crippen molar-refractivity contribution in [3.05, 3.63) is 65.2 Å². The van der Waals surface area contributed by atoms with Crippen LogP contribution >= 0.6 is 11.8 Å². The first kappa shape index (κ1) is 20.2. The zero-order valence-electron chi connectivity index (χ0n) is 15.8. The third-order valence-corrected chi connectivity index (χ3v) is 6.02. The van der Waals surface area contributed by atoms with E-state index in [4.69, 9.17) is 4.74 Å². The van der Waals surface area contributed by atoms with Gasteiger partial charge in [-0.2, -0.15) is 11.8 Å². The highest BCUT2D eigenvalue weighted by atomic mass is 32.2. The van der Waals surface area contributed by atoms with Gasteiger partial charge in [0.2, 0.25) is 0 Å². The van der Waals surface area contributed by atoms with E-state index in [1.807, 2.05) is 18.2 Å². The smallest absolute Gasteiger partial charge is 0.132 e. The molecule has 146 valence electrons.